The van der Waals surface area contributed by atoms with E-state index in [9.17, 15) is 14.4 Å². The first-order valence-corrected chi connectivity index (χ1v) is 9.28. The van der Waals surface area contributed by atoms with Crippen LogP contribution in [0.3, 0.4) is 0 Å². The predicted octanol–water partition coefficient (Wildman–Crippen LogP) is 3.77. The van der Waals surface area contributed by atoms with Gasteiger partial charge < -0.3 is 9.55 Å². The summed E-state index contributed by atoms with van der Waals surface area (Å²) in [5.74, 6) is 0.204. The number of carbonyl (C=O) groups is 2. The van der Waals surface area contributed by atoms with E-state index in [0.29, 0.717) is 17.9 Å². The number of ketones is 2. The van der Waals surface area contributed by atoms with Crippen molar-refractivity contribution in [3.63, 3.8) is 0 Å². The molecule has 0 radical (unpaired) electrons. The van der Waals surface area contributed by atoms with Crippen LogP contribution in [0.4, 0.5) is 0 Å². The van der Waals surface area contributed by atoms with Crippen LogP contribution in [0, 0.1) is 5.92 Å². The van der Waals surface area contributed by atoms with E-state index in [1.165, 1.54) is 10.6 Å². The number of halogens is 1. The van der Waals surface area contributed by atoms with Crippen LogP contribution in [0.1, 0.15) is 58.9 Å². The van der Waals surface area contributed by atoms with Crippen LogP contribution in [0.15, 0.2) is 41.6 Å². The number of hydrogen-bond acceptors (Lipinski definition) is 4. The van der Waals surface area contributed by atoms with Gasteiger partial charge in [-0.2, -0.15) is 0 Å². The Morgan fingerprint density at radius 1 is 1.29 bits per heavy atom. The molecule has 28 heavy (non-hydrogen) atoms. The van der Waals surface area contributed by atoms with E-state index in [1.807, 2.05) is 18.3 Å². The minimum absolute atomic E-state index is 0. The normalized spacial score (nSPS) is 13.3. The SMILES string of the molecule is CCC(=O)c1cc(C(=O)CC2CC2)cn(Cc2c[nH]c3ncccc23)c1=O.Cl. The third-order valence-corrected chi connectivity index (χ3v) is 5.08. The number of fused-ring (bicyclic) bond motifs is 1. The Morgan fingerprint density at radius 2 is 2.07 bits per heavy atom. The number of H-pyrrole nitrogens is 1. The summed E-state index contributed by atoms with van der Waals surface area (Å²) in [6.45, 7) is 2.00. The van der Waals surface area contributed by atoms with Crippen molar-refractivity contribution in [2.24, 2.45) is 5.92 Å². The highest BCUT2D eigenvalue weighted by atomic mass is 35.5. The fourth-order valence-corrected chi connectivity index (χ4v) is 3.32. The molecule has 3 aromatic heterocycles. The second kappa shape index (κ2) is 8.10. The standard InChI is InChI=1S/C21H21N3O3.ClH/c1-2-18(25)17-9-14(19(26)8-13-5-6-13)11-24(21(17)27)12-15-10-23-20-16(15)4-3-7-22-20;/h3-4,7,9-11,13H,2,5-6,8,12H2,1H3,(H,22,23);1H. The molecule has 0 bridgehead atoms. The van der Waals surface area contributed by atoms with Gasteiger partial charge in [0, 0.05) is 42.4 Å². The van der Waals surface area contributed by atoms with Crippen molar-refractivity contribution in [1.82, 2.24) is 14.5 Å². The highest BCUT2D eigenvalue weighted by molar-refractivity contribution is 6.01. The molecule has 7 heteroatoms. The molecule has 3 heterocycles. The van der Waals surface area contributed by atoms with Gasteiger partial charge in [-0.05, 0) is 42.5 Å². The van der Waals surface area contributed by atoms with Gasteiger partial charge in [0.2, 0.25) is 0 Å². The van der Waals surface area contributed by atoms with Gasteiger partial charge >= 0.3 is 0 Å². The largest absolute Gasteiger partial charge is 0.346 e. The number of Topliss-reactive ketones (excluding diaryl/α,β-unsaturated/α-hetero) is 2. The lowest BCUT2D eigenvalue weighted by molar-refractivity contribution is 0.0975. The number of aromatic amines is 1. The van der Waals surface area contributed by atoms with Gasteiger partial charge in [-0.15, -0.1) is 12.4 Å². The first-order valence-electron chi connectivity index (χ1n) is 9.28. The quantitative estimate of drug-likeness (QED) is 0.613. The molecule has 0 aliphatic heterocycles. The van der Waals surface area contributed by atoms with Gasteiger partial charge in [-0.1, -0.05) is 6.92 Å². The number of carbonyl (C=O) groups excluding carboxylic acids is 2. The van der Waals surface area contributed by atoms with Crippen molar-refractivity contribution in [2.45, 2.75) is 39.2 Å². The van der Waals surface area contributed by atoms with Gasteiger partial charge in [-0.3, -0.25) is 14.4 Å². The van der Waals surface area contributed by atoms with E-state index < -0.39 is 0 Å². The van der Waals surface area contributed by atoms with Gasteiger partial charge in [0.05, 0.1) is 12.1 Å². The number of hydrogen-bond donors (Lipinski definition) is 1. The first-order chi connectivity index (χ1) is 13.1. The molecule has 0 atom stereocenters. The van der Waals surface area contributed by atoms with Crippen LogP contribution >= 0.6 is 12.4 Å². The molecule has 0 spiro atoms. The molecular formula is C21H22ClN3O3. The Balaban J connectivity index is 0.00000225. The smallest absolute Gasteiger partial charge is 0.261 e. The topological polar surface area (TPSA) is 84.8 Å². The maximum Gasteiger partial charge on any atom is 0.261 e. The van der Waals surface area contributed by atoms with Crippen molar-refractivity contribution in [3.05, 3.63) is 63.8 Å². The maximum atomic E-state index is 12.8. The third-order valence-electron chi connectivity index (χ3n) is 5.08. The van der Waals surface area contributed by atoms with E-state index in [2.05, 4.69) is 9.97 Å². The lowest BCUT2D eigenvalue weighted by Crippen LogP contribution is -2.28. The zero-order valence-electron chi connectivity index (χ0n) is 15.6. The highest BCUT2D eigenvalue weighted by Crippen LogP contribution is 2.33. The second-order valence-electron chi connectivity index (χ2n) is 7.14. The number of nitrogens with one attached hydrogen (secondary N) is 1. The molecule has 4 rings (SSSR count). The van der Waals surface area contributed by atoms with Crippen LogP contribution in [0.2, 0.25) is 0 Å². The van der Waals surface area contributed by atoms with Crippen LogP contribution in [0.25, 0.3) is 11.0 Å². The first kappa shape index (κ1) is 20.0. The minimum Gasteiger partial charge on any atom is -0.346 e. The summed E-state index contributed by atoms with van der Waals surface area (Å²) in [6, 6.07) is 5.25. The number of pyridine rings is 2. The van der Waals surface area contributed by atoms with E-state index in [1.54, 1.807) is 19.3 Å². The van der Waals surface area contributed by atoms with E-state index in [0.717, 1.165) is 29.4 Å². The monoisotopic (exact) mass is 399 g/mol. The highest BCUT2D eigenvalue weighted by Gasteiger charge is 2.26. The molecule has 0 saturated heterocycles. The Hall–Kier alpha value is -2.73. The van der Waals surface area contributed by atoms with E-state index in [-0.39, 0.29) is 48.1 Å². The second-order valence-corrected chi connectivity index (χ2v) is 7.14. The third kappa shape index (κ3) is 3.92. The molecule has 0 aromatic carbocycles. The minimum atomic E-state index is -0.358. The molecule has 0 amide bonds. The summed E-state index contributed by atoms with van der Waals surface area (Å²) in [5.41, 5.74) is 1.81. The predicted molar refractivity (Wildman–Crippen MR) is 109 cm³/mol. The average Bonchev–Trinajstić information content (AvgIpc) is 3.41. The van der Waals surface area contributed by atoms with E-state index >= 15 is 0 Å². The molecule has 1 fully saturated rings. The molecule has 3 aromatic rings. The van der Waals surface area contributed by atoms with Crippen molar-refractivity contribution in [3.8, 4) is 0 Å². The lowest BCUT2D eigenvalue weighted by atomic mass is 10.0. The summed E-state index contributed by atoms with van der Waals surface area (Å²) in [4.78, 5) is 45.1. The summed E-state index contributed by atoms with van der Waals surface area (Å²) in [7, 11) is 0. The number of aromatic nitrogens is 3. The summed E-state index contributed by atoms with van der Waals surface area (Å²) < 4.78 is 1.47. The average molecular weight is 400 g/mol. The van der Waals surface area contributed by atoms with Crippen molar-refractivity contribution < 1.29 is 9.59 Å². The van der Waals surface area contributed by atoms with Gasteiger partial charge in [0.15, 0.2) is 11.6 Å². The molecule has 1 aliphatic carbocycles. The number of rotatable bonds is 7. The molecule has 1 saturated carbocycles. The number of nitrogens with zero attached hydrogens (tertiary/aromatic N) is 2. The van der Waals surface area contributed by atoms with Crippen molar-refractivity contribution in [2.75, 3.05) is 0 Å². The molecule has 1 N–H and O–H groups in total. The van der Waals surface area contributed by atoms with Gasteiger partial charge in [0.1, 0.15) is 5.65 Å². The molecular weight excluding hydrogens is 378 g/mol. The molecule has 146 valence electrons. The Labute approximate surface area is 168 Å². The van der Waals surface area contributed by atoms with E-state index in [4.69, 9.17) is 0 Å². The summed E-state index contributed by atoms with van der Waals surface area (Å²) >= 11 is 0. The van der Waals surface area contributed by atoms with Crippen molar-refractivity contribution in [1.29, 1.82) is 0 Å². The maximum absolute atomic E-state index is 12.8. The fourth-order valence-electron chi connectivity index (χ4n) is 3.32. The Morgan fingerprint density at radius 3 is 2.79 bits per heavy atom. The molecule has 1 aliphatic rings. The zero-order valence-corrected chi connectivity index (χ0v) is 16.4. The zero-order chi connectivity index (χ0) is 19.0. The van der Waals surface area contributed by atoms with Crippen molar-refractivity contribution >= 4 is 35.0 Å². The lowest BCUT2D eigenvalue weighted by Gasteiger charge is -2.11. The van der Waals surface area contributed by atoms with Crippen LogP contribution in [-0.4, -0.2) is 26.1 Å². The van der Waals surface area contributed by atoms with Gasteiger partial charge in [0.25, 0.3) is 5.56 Å². The molecule has 6 nitrogen and oxygen atoms in total. The van der Waals surface area contributed by atoms with Gasteiger partial charge in [-0.25, -0.2) is 4.98 Å². The van der Waals surface area contributed by atoms with Crippen LogP contribution in [0.5, 0.6) is 0 Å². The summed E-state index contributed by atoms with van der Waals surface area (Å²) in [6.07, 6.45) is 7.97. The van der Waals surface area contributed by atoms with Crippen LogP contribution < -0.4 is 5.56 Å². The Bertz CT molecular complexity index is 1100. The Kier molecular flexibility index (Phi) is 5.79. The summed E-state index contributed by atoms with van der Waals surface area (Å²) in [5, 5.41) is 0.919. The molecule has 0 unspecified atom stereocenters. The van der Waals surface area contributed by atoms with Crippen LogP contribution in [-0.2, 0) is 6.54 Å². The fraction of sp³-hybridized carbons (Fsp3) is 0.333.